The Morgan fingerprint density at radius 2 is 1.58 bits per heavy atom. The number of fused-ring (bicyclic) bond motifs is 3. The molecule has 0 saturated carbocycles. The molecule has 4 aromatic rings. The molecule has 0 saturated heterocycles. The largest absolute Gasteiger partial charge is 0.356 e. The van der Waals surface area contributed by atoms with Crippen LogP contribution in [-0.2, 0) is 6.42 Å². The summed E-state index contributed by atoms with van der Waals surface area (Å²) in [6.07, 6.45) is 2.00. The predicted molar refractivity (Wildman–Crippen MR) is 132 cm³/mol. The van der Waals surface area contributed by atoms with Crippen molar-refractivity contribution in [1.29, 1.82) is 0 Å². The summed E-state index contributed by atoms with van der Waals surface area (Å²) < 4.78 is 0. The van der Waals surface area contributed by atoms with Crippen LogP contribution in [0, 0.1) is 0 Å². The van der Waals surface area contributed by atoms with Gasteiger partial charge in [0.2, 0.25) is 0 Å². The Morgan fingerprint density at radius 1 is 0.968 bits per heavy atom. The molecule has 156 valence electrons. The molecule has 31 heavy (non-hydrogen) atoms. The maximum Gasteiger partial charge on any atom is 0.170 e. The summed E-state index contributed by atoms with van der Waals surface area (Å²) in [7, 11) is 0. The Kier molecular flexibility index (Phi) is 5.47. The first kappa shape index (κ1) is 19.8. The van der Waals surface area contributed by atoms with Crippen molar-refractivity contribution in [2.24, 2.45) is 0 Å². The van der Waals surface area contributed by atoms with Crippen LogP contribution in [-0.4, -0.2) is 21.5 Å². The number of H-pyrrole nitrogens is 1. The fourth-order valence-electron chi connectivity index (χ4n) is 4.84. The number of thiocarbonyl (C=S) groups is 1. The molecule has 2 heterocycles. The summed E-state index contributed by atoms with van der Waals surface area (Å²) in [4.78, 5) is 6.06. The van der Waals surface area contributed by atoms with E-state index < -0.39 is 0 Å². The molecule has 0 amide bonds. The highest BCUT2D eigenvalue weighted by atomic mass is 32.1. The van der Waals surface area contributed by atoms with E-state index in [2.05, 4.69) is 107 Å². The number of hydrogen-bond acceptors (Lipinski definition) is 1. The minimum absolute atomic E-state index is 0.0246. The highest BCUT2D eigenvalue weighted by Crippen LogP contribution is 2.36. The lowest BCUT2D eigenvalue weighted by atomic mass is 9.95. The molecule has 2 N–H and O–H groups in total. The summed E-state index contributed by atoms with van der Waals surface area (Å²) in [5, 5.41) is 5.85. The normalized spacial score (nSPS) is 15.8. The molecule has 4 heteroatoms. The van der Waals surface area contributed by atoms with Gasteiger partial charge in [0.1, 0.15) is 0 Å². The number of nitrogens with zero attached hydrogens (tertiary/aromatic N) is 1. The van der Waals surface area contributed by atoms with E-state index in [1.165, 1.54) is 33.3 Å². The number of hydrogen-bond donors (Lipinski definition) is 2. The average Bonchev–Trinajstić information content (AvgIpc) is 3.21. The molecule has 0 bridgehead atoms. The van der Waals surface area contributed by atoms with Crippen LogP contribution in [0.5, 0.6) is 0 Å². The van der Waals surface area contributed by atoms with Gasteiger partial charge in [-0.15, -0.1) is 0 Å². The molecule has 0 radical (unpaired) electrons. The van der Waals surface area contributed by atoms with Gasteiger partial charge in [0, 0.05) is 23.1 Å². The van der Waals surface area contributed by atoms with Crippen molar-refractivity contribution in [3.8, 4) is 0 Å². The average molecular weight is 426 g/mol. The topological polar surface area (TPSA) is 31.1 Å². The van der Waals surface area contributed by atoms with Gasteiger partial charge in [-0.25, -0.2) is 0 Å². The summed E-state index contributed by atoms with van der Waals surface area (Å²) in [5.74, 6) is 0. The molecule has 1 aliphatic rings. The zero-order chi connectivity index (χ0) is 21.2. The van der Waals surface area contributed by atoms with Gasteiger partial charge < -0.3 is 15.2 Å². The van der Waals surface area contributed by atoms with Crippen molar-refractivity contribution >= 4 is 28.2 Å². The van der Waals surface area contributed by atoms with Gasteiger partial charge in [-0.05, 0) is 47.8 Å². The second-order valence-electron chi connectivity index (χ2n) is 8.13. The maximum atomic E-state index is 6.00. The highest BCUT2D eigenvalue weighted by molar-refractivity contribution is 7.80. The molecule has 0 fully saturated rings. The smallest absolute Gasteiger partial charge is 0.170 e. The molecule has 3 nitrogen and oxygen atoms in total. The van der Waals surface area contributed by atoms with Crippen LogP contribution < -0.4 is 5.32 Å². The summed E-state index contributed by atoms with van der Waals surface area (Å²) >= 11 is 6.00. The Bertz CT molecular complexity index is 1140. The van der Waals surface area contributed by atoms with E-state index in [-0.39, 0.29) is 12.1 Å². The molecule has 1 unspecified atom stereocenters. The molecule has 0 spiro atoms. The minimum atomic E-state index is 0.0246. The number of rotatable bonds is 4. The van der Waals surface area contributed by atoms with Crippen molar-refractivity contribution in [1.82, 2.24) is 15.2 Å². The standard InChI is InChI=1S/C27H27N3S/c1-2-24-26-22(21-15-9-10-16-23(21)28-26)17-18-30(24)27(31)29-25(19-11-5-3-6-12-19)20-13-7-4-8-14-20/h3-16,24-25,28H,2,17-18H2,1H3,(H,29,31). The second kappa shape index (κ2) is 8.56. The molecule has 1 aromatic heterocycles. The van der Waals surface area contributed by atoms with E-state index in [0.29, 0.717) is 0 Å². The quantitative estimate of drug-likeness (QED) is 0.385. The zero-order valence-electron chi connectivity index (χ0n) is 17.7. The lowest BCUT2D eigenvalue weighted by molar-refractivity contribution is 0.282. The number of aromatic nitrogens is 1. The van der Waals surface area contributed by atoms with Crippen molar-refractivity contribution < 1.29 is 0 Å². The first-order valence-electron chi connectivity index (χ1n) is 11.0. The zero-order valence-corrected chi connectivity index (χ0v) is 18.5. The van der Waals surface area contributed by atoms with Crippen molar-refractivity contribution in [2.45, 2.75) is 31.8 Å². The number of aromatic amines is 1. The van der Waals surface area contributed by atoms with Gasteiger partial charge in [-0.1, -0.05) is 85.8 Å². The highest BCUT2D eigenvalue weighted by Gasteiger charge is 2.31. The summed E-state index contributed by atoms with van der Waals surface area (Å²) in [6, 6.07) is 30.0. The third kappa shape index (κ3) is 3.72. The first-order valence-corrected chi connectivity index (χ1v) is 11.4. The molecule has 1 atom stereocenters. The van der Waals surface area contributed by atoms with Gasteiger partial charge in [0.05, 0.1) is 12.1 Å². The third-order valence-electron chi connectivity index (χ3n) is 6.34. The van der Waals surface area contributed by atoms with Gasteiger partial charge in [-0.2, -0.15) is 0 Å². The van der Waals surface area contributed by atoms with Crippen molar-refractivity contribution in [2.75, 3.05) is 6.54 Å². The maximum absolute atomic E-state index is 6.00. The van der Waals surface area contributed by atoms with Crippen LogP contribution in [0.2, 0.25) is 0 Å². The monoisotopic (exact) mass is 425 g/mol. The van der Waals surface area contributed by atoms with Crippen LogP contribution in [0.1, 0.15) is 47.8 Å². The Morgan fingerprint density at radius 3 is 2.23 bits per heavy atom. The fraction of sp³-hybridized carbons (Fsp3) is 0.222. The van der Waals surface area contributed by atoms with Crippen molar-refractivity contribution in [3.63, 3.8) is 0 Å². The summed E-state index contributed by atoms with van der Waals surface area (Å²) in [5.41, 5.74) is 6.41. The van der Waals surface area contributed by atoms with Gasteiger partial charge >= 0.3 is 0 Å². The molecular weight excluding hydrogens is 398 g/mol. The van der Waals surface area contributed by atoms with E-state index >= 15 is 0 Å². The fourth-order valence-corrected chi connectivity index (χ4v) is 5.18. The molecular formula is C27H27N3S. The van der Waals surface area contributed by atoms with Crippen molar-refractivity contribution in [3.05, 3.63) is 107 Å². The Hall–Kier alpha value is -3.11. The third-order valence-corrected chi connectivity index (χ3v) is 6.69. The van der Waals surface area contributed by atoms with Gasteiger partial charge in [0.15, 0.2) is 5.11 Å². The number of nitrogens with one attached hydrogen (secondary N) is 2. The molecule has 3 aromatic carbocycles. The second-order valence-corrected chi connectivity index (χ2v) is 8.52. The van der Waals surface area contributed by atoms with Crippen LogP contribution in [0.15, 0.2) is 84.9 Å². The molecule has 5 rings (SSSR count). The van der Waals surface area contributed by atoms with Crippen LogP contribution in [0.3, 0.4) is 0 Å². The number of benzene rings is 3. The lowest BCUT2D eigenvalue weighted by Gasteiger charge is -2.38. The van der Waals surface area contributed by atoms with Gasteiger partial charge in [-0.3, -0.25) is 0 Å². The minimum Gasteiger partial charge on any atom is -0.356 e. The van der Waals surface area contributed by atoms with E-state index in [1.807, 2.05) is 0 Å². The van der Waals surface area contributed by atoms with E-state index in [1.54, 1.807) is 0 Å². The first-order chi connectivity index (χ1) is 15.3. The predicted octanol–water partition coefficient (Wildman–Crippen LogP) is 6.14. The van der Waals surface area contributed by atoms with Gasteiger partial charge in [0.25, 0.3) is 0 Å². The Labute approximate surface area is 189 Å². The molecule has 0 aliphatic carbocycles. The summed E-state index contributed by atoms with van der Waals surface area (Å²) in [6.45, 7) is 3.17. The SMILES string of the molecule is CCC1c2[nH]c3ccccc3c2CCN1C(=S)NC(c1ccccc1)c1ccccc1. The number of para-hydroxylation sites is 1. The molecule has 1 aliphatic heterocycles. The van der Waals surface area contributed by atoms with Crippen LogP contribution >= 0.6 is 12.2 Å². The van der Waals surface area contributed by atoms with E-state index in [0.717, 1.165) is 24.5 Å². The lowest BCUT2D eigenvalue weighted by Crippen LogP contribution is -2.46. The van der Waals surface area contributed by atoms with E-state index in [9.17, 15) is 0 Å². The van der Waals surface area contributed by atoms with Crippen LogP contribution in [0.25, 0.3) is 10.9 Å². The Balaban J connectivity index is 1.46. The van der Waals surface area contributed by atoms with E-state index in [4.69, 9.17) is 12.2 Å². The van der Waals surface area contributed by atoms with Crippen LogP contribution in [0.4, 0.5) is 0 Å².